The molecule has 3 heterocycles. The first-order valence-corrected chi connectivity index (χ1v) is 9.49. The average Bonchev–Trinajstić information content (AvgIpc) is 3.11. The van der Waals surface area contributed by atoms with Gasteiger partial charge < -0.3 is 10.2 Å². The first kappa shape index (κ1) is 15.2. The van der Waals surface area contributed by atoms with Crippen LogP contribution in [-0.2, 0) is 6.54 Å². The minimum atomic E-state index is 0.110. The Morgan fingerprint density at radius 3 is 2.95 bits per heavy atom. The van der Waals surface area contributed by atoms with Gasteiger partial charge >= 0.3 is 0 Å². The molecule has 116 valence electrons. The van der Waals surface area contributed by atoms with Crippen molar-refractivity contribution < 1.29 is 0 Å². The monoisotopic (exact) mass is 324 g/mol. The Labute approximate surface area is 134 Å². The highest BCUT2D eigenvalue weighted by molar-refractivity contribution is 7.99. The van der Waals surface area contributed by atoms with Crippen LogP contribution in [0.25, 0.3) is 4.96 Å². The number of thioether (sulfide) groups is 1. The van der Waals surface area contributed by atoms with Crippen LogP contribution in [0.2, 0.25) is 0 Å². The standard InChI is InChI=1S/C15H24N4S2/c1-15(2,3)16-9-12-13(17-14-19(12)6-8-21-14)18(4)11-5-7-20-10-11/h6,8,11,16H,5,7,9-10H2,1-4H3. The van der Waals surface area contributed by atoms with E-state index in [1.165, 1.54) is 23.6 Å². The molecule has 0 amide bonds. The zero-order chi connectivity index (χ0) is 15.0. The maximum Gasteiger partial charge on any atom is 0.195 e. The van der Waals surface area contributed by atoms with Crippen LogP contribution >= 0.6 is 23.1 Å². The van der Waals surface area contributed by atoms with E-state index >= 15 is 0 Å². The number of thiazole rings is 1. The van der Waals surface area contributed by atoms with Gasteiger partial charge in [-0.2, -0.15) is 11.8 Å². The number of hydrogen-bond acceptors (Lipinski definition) is 5. The van der Waals surface area contributed by atoms with Gasteiger partial charge in [0.05, 0.1) is 5.69 Å². The van der Waals surface area contributed by atoms with Crippen molar-refractivity contribution in [2.75, 3.05) is 23.5 Å². The predicted octanol–water partition coefficient (Wildman–Crippen LogP) is 3.23. The lowest BCUT2D eigenvalue weighted by Gasteiger charge is -2.26. The molecule has 0 spiro atoms. The van der Waals surface area contributed by atoms with Crippen molar-refractivity contribution in [1.82, 2.24) is 14.7 Å². The third-order valence-corrected chi connectivity index (χ3v) is 5.81. The number of anilines is 1. The molecule has 21 heavy (non-hydrogen) atoms. The second-order valence-electron chi connectivity index (χ2n) is 6.67. The molecule has 0 radical (unpaired) electrons. The molecular formula is C15H24N4S2. The van der Waals surface area contributed by atoms with Gasteiger partial charge in [0.2, 0.25) is 0 Å². The summed E-state index contributed by atoms with van der Waals surface area (Å²) < 4.78 is 2.23. The summed E-state index contributed by atoms with van der Waals surface area (Å²) in [6.07, 6.45) is 3.39. The van der Waals surface area contributed by atoms with Crippen LogP contribution in [-0.4, -0.2) is 39.5 Å². The van der Waals surface area contributed by atoms with Crippen LogP contribution in [0.3, 0.4) is 0 Å². The van der Waals surface area contributed by atoms with E-state index in [-0.39, 0.29) is 5.54 Å². The van der Waals surface area contributed by atoms with E-state index in [9.17, 15) is 0 Å². The Bertz CT molecular complexity index is 605. The number of nitrogens with one attached hydrogen (secondary N) is 1. The first-order chi connectivity index (χ1) is 9.96. The van der Waals surface area contributed by atoms with E-state index in [0.29, 0.717) is 6.04 Å². The average molecular weight is 325 g/mol. The van der Waals surface area contributed by atoms with E-state index in [1.807, 2.05) is 11.8 Å². The molecule has 2 aromatic heterocycles. The second kappa shape index (κ2) is 5.82. The normalized spacial score (nSPS) is 19.5. The van der Waals surface area contributed by atoms with E-state index in [4.69, 9.17) is 4.98 Å². The molecule has 1 unspecified atom stereocenters. The molecule has 1 aliphatic heterocycles. The van der Waals surface area contributed by atoms with Gasteiger partial charge in [-0.25, -0.2) is 4.98 Å². The van der Waals surface area contributed by atoms with Crippen molar-refractivity contribution in [2.45, 2.75) is 45.3 Å². The Hall–Kier alpha value is -0.720. The molecule has 3 rings (SSSR count). The summed E-state index contributed by atoms with van der Waals surface area (Å²) in [6, 6.07) is 0.619. The minimum Gasteiger partial charge on any atom is -0.354 e. The summed E-state index contributed by atoms with van der Waals surface area (Å²) in [5.41, 5.74) is 1.39. The lowest BCUT2D eigenvalue weighted by Crippen LogP contribution is -2.37. The maximum atomic E-state index is 4.88. The topological polar surface area (TPSA) is 32.6 Å². The Morgan fingerprint density at radius 1 is 1.48 bits per heavy atom. The van der Waals surface area contributed by atoms with Crippen LogP contribution in [0.4, 0.5) is 5.82 Å². The Kier molecular flexibility index (Phi) is 4.21. The number of rotatable bonds is 4. The van der Waals surface area contributed by atoms with Gasteiger partial charge in [0.1, 0.15) is 0 Å². The fraction of sp³-hybridized carbons (Fsp3) is 0.667. The number of aromatic nitrogens is 2. The van der Waals surface area contributed by atoms with Gasteiger partial charge in [-0.3, -0.25) is 4.40 Å². The SMILES string of the molecule is CN(c1nc2sccn2c1CNC(C)(C)C)C1CCSC1. The summed E-state index contributed by atoms with van der Waals surface area (Å²) >= 11 is 3.76. The molecule has 1 saturated heterocycles. The molecule has 1 aliphatic rings. The minimum absolute atomic E-state index is 0.110. The zero-order valence-electron chi connectivity index (χ0n) is 13.2. The molecular weight excluding hydrogens is 300 g/mol. The molecule has 0 bridgehead atoms. The fourth-order valence-corrected chi connectivity index (χ4v) is 4.61. The first-order valence-electron chi connectivity index (χ1n) is 7.46. The highest BCUT2D eigenvalue weighted by atomic mass is 32.2. The van der Waals surface area contributed by atoms with Crippen LogP contribution < -0.4 is 10.2 Å². The molecule has 1 atom stereocenters. The Balaban J connectivity index is 1.91. The number of hydrogen-bond donors (Lipinski definition) is 1. The lowest BCUT2D eigenvalue weighted by atomic mass is 10.1. The Morgan fingerprint density at radius 2 is 2.29 bits per heavy atom. The number of nitrogens with zero attached hydrogens (tertiary/aromatic N) is 3. The van der Waals surface area contributed by atoms with Crippen LogP contribution in [0.15, 0.2) is 11.6 Å². The van der Waals surface area contributed by atoms with Crippen LogP contribution in [0, 0.1) is 0 Å². The maximum absolute atomic E-state index is 4.88. The summed E-state index contributed by atoms with van der Waals surface area (Å²) in [5.74, 6) is 3.63. The molecule has 1 fully saturated rings. The molecule has 4 nitrogen and oxygen atoms in total. The van der Waals surface area contributed by atoms with Gasteiger partial charge in [0.25, 0.3) is 0 Å². The second-order valence-corrected chi connectivity index (χ2v) is 8.69. The van der Waals surface area contributed by atoms with Gasteiger partial charge in [0, 0.05) is 42.5 Å². The molecule has 1 N–H and O–H groups in total. The van der Waals surface area contributed by atoms with Gasteiger partial charge in [-0.1, -0.05) is 0 Å². The quantitative estimate of drug-likeness (QED) is 0.936. The molecule has 2 aromatic rings. The van der Waals surface area contributed by atoms with E-state index in [1.54, 1.807) is 11.3 Å². The van der Waals surface area contributed by atoms with Crippen LogP contribution in [0.5, 0.6) is 0 Å². The predicted molar refractivity (Wildman–Crippen MR) is 93.8 cm³/mol. The smallest absolute Gasteiger partial charge is 0.195 e. The van der Waals surface area contributed by atoms with Crippen molar-refractivity contribution in [2.24, 2.45) is 0 Å². The lowest BCUT2D eigenvalue weighted by molar-refractivity contribution is 0.420. The van der Waals surface area contributed by atoms with E-state index < -0.39 is 0 Å². The summed E-state index contributed by atoms with van der Waals surface area (Å²) in [5, 5.41) is 5.71. The molecule has 0 aliphatic carbocycles. The largest absolute Gasteiger partial charge is 0.354 e. The fourth-order valence-electron chi connectivity index (χ4n) is 2.62. The van der Waals surface area contributed by atoms with Crippen molar-refractivity contribution in [3.05, 3.63) is 17.3 Å². The van der Waals surface area contributed by atoms with Crippen molar-refractivity contribution in [3.63, 3.8) is 0 Å². The van der Waals surface area contributed by atoms with E-state index in [0.717, 1.165) is 17.3 Å². The molecule has 0 aromatic carbocycles. The van der Waals surface area contributed by atoms with Crippen molar-refractivity contribution >= 4 is 33.9 Å². The molecule has 0 saturated carbocycles. The van der Waals surface area contributed by atoms with Crippen molar-refractivity contribution in [1.29, 1.82) is 0 Å². The number of fused-ring (bicyclic) bond motifs is 1. The zero-order valence-corrected chi connectivity index (χ0v) is 14.9. The van der Waals surface area contributed by atoms with Crippen molar-refractivity contribution in [3.8, 4) is 0 Å². The van der Waals surface area contributed by atoms with Gasteiger partial charge in [-0.15, -0.1) is 11.3 Å². The summed E-state index contributed by atoms with van der Waals surface area (Å²) in [7, 11) is 2.20. The third kappa shape index (κ3) is 3.22. The van der Waals surface area contributed by atoms with Crippen LogP contribution in [0.1, 0.15) is 32.9 Å². The van der Waals surface area contributed by atoms with Gasteiger partial charge in [-0.05, 0) is 32.9 Å². The number of imidazole rings is 1. The summed E-state index contributed by atoms with van der Waals surface area (Å²) in [6.45, 7) is 7.46. The van der Waals surface area contributed by atoms with Gasteiger partial charge in [0.15, 0.2) is 10.8 Å². The highest BCUT2D eigenvalue weighted by Gasteiger charge is 2.25. The third-order valence-electron chi connectivity index (χ3n) is 3.91. The molecule has 6 heteroatoms. The van der Waals surface area contributed by atoms with E-state index in [2.05, 4.69) is 54.0 Å². The summed E-state index contributed by atoms with van der Waals surface area (Å²) in [4.78, 5) is 8.36. The highest BCUT2D eigenvalue weighted by Crippen LogP contribution is 2.30.